The van der Waals surface area contributed by atoms with Gasteiger partial charge in [0.1, 0.15) is 0 Å². The highest BCUT2D eigenvalue weighted by Gasteiger charge is 1.94. The molecule has 0 atom stereocenters. The number of aliphatic carboxylic acids is 1. The Hall–Kier alpha value is -1.26. The largest absolute Gasteiger partial charge is 0.481 e. The van der Waals surface area contributed by atoms with E-state index in [9.17, 15) is 9.59 Å². The molecule has 0 aliphatic heterocycles. The Morgan fingerprint density at radius 2 is 1.69 bits per heavy atom. The van der Waals surface area contributed by atoms with Crippen molar-refractivity contribution in [1.82, 2.24) is 0 Å². The van der Waals surface area contributed by atoms with Gasteiger partial charge in [-0.1, -0.05) is 32.6 Å². The zero-order chi connectivity index (χ0) is 12.8. The number of hydrogen-bond donors (Lipinski definition) is 2. The van der Waals surface area contributed by atoms with Gasteiger partial charge in [0.15, 0.2) is 0 Å². The zero-order valence-corrected chi connectivity index (χ0v) is 10.2. The van der Waals surface area contributed by atoms with Crippen LogP contribution in [-0.4, -0.2) is 23.8 Å². The van der Waals surface area contributed by atoms with Gasteiger partial charge in [0.2, 0.25) is 0 Å². The lowest BCUT2D eigenvalue weighted by atomic mass is 10.1. The smallest absolute Gasteiger partial charge is 0.404 e. The van der Waals surface area contributed by atoms with Crippen LogP contribution < -0.4 is 5.73 Å². The fourth-order valence-corrected chi connectivity index (χ4v) is 1.02. The molecular formula is C11H23NO4. The summed E-state index contributed by atoms with van der Waals surface area (Å²) in [7, 11) is 0. The second-order valence-corrected chi connectivity index (χ2v) is 3.31. The molecule has 5 heteroatoms. The normalized spacial score (nSPS) is 8.88. The standard InChI is InChI=1S/C8H16O2.C3H7NO2/c1-2-3-4-5-6-7-8(9)10;1-2-6-3(4)5/h2-7H2,1H3,(H,9,10);2H2,1H3,(H2,4,5). The van der Waals surface area contributed by atoms with E-state index in [4.69, 9.17) is 5.11 Å². The van der Waals surface area contributed by atoms with Crippen LogP contribution in [-0.2, 0) is 9.53 Å². The van der Waals surface area contributed by atoms with Crippen molar-refractivity contribution in [3.05, 3.63) is 0 Å². The molecule has 16 heavy (non-hydrogen) atoms. The molecule has 1 amide bonds. The third kappa shape index (κ3) is 23.0. The summed E-state index contributed by atoms with van der Waals surface area (Å²) in [6.07, 6.45) is 5.17. The first-order valence-corrected chi connectivity index (χ1v) is 5.68. The van der Waals surface area contributed by atoms with Crippen LogP contribution >= 0.6 is 0 Å². The maximum Gasteiger partial charge on any atom is 0.404 e. The second kappa shape index (κ2) is 13.7. The molecule has 0 fully saturated rings. The van der Waals surface area contributed by atoms with Crippen LogP contribution in [0.2, 0.25) is 0 Å². The number of carboxylic acids is 1. The van der Waals surface area contributed by atoms with Crippen LogP contribution in [0.3, 0.4) is 0 Å². The van der Waals surface area contributed by atoms with Crippen molar-refractivity contribution in [3.8, 4) is 0 Å². The minimum atomic E-state index is -0.711. The molecule has 0 saturated carbocycles. The highest BCUT2D eigenvalue weighted by atomic mass is 16.5. The first-order chi connectivity index (χ1) is 7.54. The van der Waals surface area contributed by atoms with Gasteiger partial charge in [0, 0.05) is 6.42 Å². The number of carboxylic acid groups (broad SMARTS) is 1. The Morgan fingerprint density at radius 1 is 1.12 bits per heavy atom. The van der Waals surface area contributed by atoms with Gasteiger partial charge in [-0.2, -0.15) is 0 Å². The summed E-state index contributed by atoms with van der Waals surface area (Å²) in [6.45, 7) is 4.21. The second-order valence-electron chi connectivity index (χ2n) is 3.31. The number of unbranched alkanes of at least 4 members (excludes halogenated alkanes) is 4. The van der Waals surface area contributed by atoms with Crippen LogP contribution in [0, 0.1) is 0 Å². The molecule has 5 nitrogen and oxygen atoms in total. The van der Waals surface area contributed by atoms with Crippen LogP contribution in [0.5, 0.6) is 0 Å². The topological polar surface area (TPSA) is 89.6 Å². The first-order valence-electron chi connectivity index (χ1n) is 5.68. The lowest BCUT2D eigenvalue weighted by Gasteiger charge is -1.95. The Labute approximate surface area is 97.0 Å². The van der Waals surface area contributed by atoms with E-state index in [0.717, 1.165) is 12.8 Å². The maximum atomic E-state index is 10.0. The van der Waals surface area contributed by atoms with Gasteiger partial charge in [0.05, 0.1) is 6.61 Å². The van der Waals surface area contributed by atoms with E-state index in [0.29, 0.717) is 13.0 Å². The number of rotatable bonds is 7. The Balaban J connectivity index is 0. The van der Waals surface area contributed by atoms with Crippen LogP contribution in [0.4, 0.5) is 4.79 Å². The lowest BCUT2D eigenvalue weighted by Crippen LogP contribution is -2.11. The van der Waals surface area contributed by atoms with Crippen molar-refractivity contribution in [1.29, 1.82) is 0 Å². The minimum Gasteiger partial charge on any atom is -0.481 e. The number of ether oxygens (including phenoxy) is 1. The molecule has 0 unspecified atom stereocenters. The summed E-state index contributed by atoms with van der Waals surface area (Å²) in [5, 5.41) is 8.27. The number of primary amides is 1. The van der Waals surface area contributed by atoms with Gasteiger partial charge in [0.25, 0.3) is 0 Å². The SMILES string of the molecule is CCCCCCCC(=O)O.CCOC(N)=O. The number of carbonyl (C=O) groups is 2. The molecule has 0 aromatic heterocycles. The zero-order valence-electron chi connectivity index (χ0n) is 10.2. The van der Waals surface area contributed by atoms with Gasteiger partial charge in [-0.25, -0.2) is 4.79 Å². The predicted octanol–water partition coefficient (Wildman–Crippen LogP) is 2.53. The molecular weight excluding hydrogens is 210 g/mol. The minimum absolute atomic E-state index is 0.337. The molecule has 0 aromatic rings. The molecule has 0 radical (unpaired) electrons. The quantitative estimate of drug-likeness (QED) is 0.661. The first kappa shape index (κ1) is 17.1. The summed E-state index contributed by atoms with van der Waals surface area (Å²) in [5.41, 5.74) is 4.54. The summed E-state index contributed by atoms with van der Waals surface area (Å²) >= 11 is 0. The molecule has 0 heterocycles. The molecule has 0 bridgehead atoms. The van der Waals surface area contributed by atoms with Crippen molar-refractivity contribution in [2.75, 3.05) is 6.61 Å². The van der Waals surface area contributed by atoms with Gasteiger partial charge in [-0.3, -0.25) is 4.79 Å². The van der Waals surface area contributed by atoms with E-state index < -0.39 is 12.1 Å². The maximum absolute atomic E-state index is 10.0. The summed E-state index contributed by atoms with van der Waals surface area (Å²) in [5.74, 6) is -0.670. The Bertz CT molecular complexity index is 183. The molecule has 0 rings (SSSR count). The molecule has 0 aromatic carbocycles. The third-order valence-corrected chi connectivity index (χ3v) is 1.78. The molecule has 0 aliphatic carbocycles. The van der Waals surface area contributed by atoms with E-state index in [1.807, 2.05) is 0 Å². The number of amides is 1. The fraction of sp³-hybridized carbons (Fsp3) is 0.818. The van der Waals surface area contributed by atoms with E-state index in [1.165, 1.54) is 19.3 Å². The average Bonchev–Trinajstić information content (AvgIpc) is 2.17. The molecule has 0 aliphatic rings. The van der Waals surface area contributed by atoms with Gasteiger partial charge < -0.3 is 15.6 Å². The molecule has 0 saturated heterocycles. The summed E-state index contributed by atoms with van der Waals surface area (Å²) < 4.78 is 4.18. The van der Waals surface area contributed by atoms with Crippen LogP contribution in [0.15, 0.2) is 0 Å². The van der Waals surface area contributed by atoms with Crippen LogP contribution in [0.25, 0.3) is 0 Å². The van der Waals surface area contributed by atoms with Crippen molar-refractivity contribution >= 4 is 12.1 Å². The predicted molar refractivity (Wildman–Crippen MR) is 62.2 cm³/mol. The molecule has 96 valence electrons. The van der Waals surface area contributed by atoms with Gasteiger partial charge >= 0.3 is 12.1 Å². The van der Waals surface area contributed by atoms with E-state index in [-0.39, 0.29) is 0 Å². The van der Waals surface area contributed by atoms with E-state index >= 15 is 0 Å². The third-order valence-electron chi connectivity index (χ3n) is 1.78. The fourth-order valence-electron chi connectivity index (χ4n) is 1.02. The molecule has 3 N–H and O–H groups in total. The van der Waals surface area contributed by atoms with Crippen molar-refractivity contribution in [3.63, 3.8) is 0 Å². The number of carbonyl (C=O) groups excluding carboxylic acids is 1. The van der Waals surface area contributed by atoms with Gasteiger partial charge in [-0.15, -0.1) is 0 Å². The lowest BCUT2D eigenvalue weighted by molar-refractivity contribution is -0.137. The van der Waals surface area contributed by atoms with Crippen molar-refractivity contribution < 1.29 is 19.4 Å². The molecule has 0 spiro atoms. The van der Waals surface area contributed by atoms with Crippen LogP contribution in [0.1, 0.15) is 52.4 Å². The summed E-state index contributed by atoms with van der Waals surface area (Å²) in [4.78, 5) is 19.6. The Morgan fingerprint density at radius 3 is 2.00 bits per heavy atom. The van der Waals surface area contributed by atoms with Crippen molar-refractivity contribution in [2.24, 2.45) is 5.73 Å². The number of nitrogens with two attached hydrogens (primary N) is 1. The van der Waals surface area contributed by atoms with Crippen molar-refractivity contribution in [2.45, 2.75) is 52.4 Å². The summed E-state index contributed by atoms with van der Waals surface area (Å²) in [6, 6.07) is 0. The monoisotopic (exact) mass is 233 g/mol. The number of hydrogen-bond acceptors (Lipinski definition) is 3. The highest BCUT2D eigenvalue weighted by Crippen LogP contribution is 2.04. The van der Waals surface area contributed by atoms with Gasteiger partial charge in [-0.05, 0) is 13.3 Å². The van der Waals surface area contributed by atoms with E-state index in [1.54, 1.807) is 6.92 Å². The average molecular weight is 233 g/mol. The Kier molecular flexibility index (Phi) is 14.7. The van der Waals surface area contributed by atoms with E-state index in [2.05, 4.69) is 17.4 Å². The highest BCUT2D eigenvalue weighted by molar-refractivity contribution is 5.66.